The van der Waals surface area contributed by atoms with Crippen molar-refractivity contribution in [2.75, 3.05) is 6.01 Å². The Bertz CT molecular complexity index is 1660. The Morgan fingerprint density at radius 3 is 2.66 bits per heavy atom. The molecule has 7 rings (SSSR count). The van der Waals surface area contributed by atoms with Gasteiger partial charge in [0.25, 0.3) is 0 Å². The van der Waals surface area contributed by atoms with Gasteiger partial charge in [-0.2, -0.15) is 5.10 Å². The Morgan fingerprint density at radius 2 is 1.95 bits per heavy atom. The largest absolute Gasteiger partial charge is 0.457 e. The second-order valence-corrected chi connectivity index (χ2v) is 13.9. The predicted molar refractivity (Wildman–Crippen MR) is 157 cm³/mol. The van der Waals surface area contributed by atoms with Gasteiger partial charge in [-0.15, -0.1) is 0 Å². The highest BCUT2D eigenvalue weighted by atomic mass is 32.2. The van der Waals surface area contributed by atoms with Gasteiger partial charge in [0.1, 0.15) is 17.5 Å². The average molecular weight is 627 g/mol. The van der Waals surface area contributed by atoms with Crippen LogP contribution in [-0.4, -0.2) is 49.4 Å². The highest BCUT2D eigenvalue weighted by molar-refractivity contribution is 8.13. The number of fused-ring (bicyclic) bond motifs is 6. The minimum atomic E-state index is -2.05. The van der Waals surface area contributed by atoms with Crippen molar-refractivity contribution in [3.05, 3.63) is 77.3 Å². The first-order chi connectivity index (χ1) is 21.0. The van der Waals surface area contributed by atoms with Crippen LogP contribution in [0.3, 0.4) is 0 Å². The molecule has 3 aromatic rings. The molecule has 7 nitrogen and oxygen atoms in total. The topological polar surface area (TPSA) is 94.6 Å². The lowest BCUT2D eigenvalue weighted by molar-refractivity contribution is -0.222. The summed E-state index contributed by atoms with van der Waals surface area (Å²) in [4.78, 5) is 26.8. The molecule has 0 radical (unpaired) electrons. The lowest BCUT2D eigenvalue weighted by Gasteiger charge is -2.63. The van der Waals surface area contributed by atoms with Crippen LogP contribution in [0.4, 0.5) is 13.2 Å². The summed E-state index contributed by atoms with van der Waals surface area (Å²) in [5.41, 5.74) is -2.82. The van der Waals surface area contributed by atoms with E-state index in [9.17, 15) is 23.5 Å². The van der Waals surface area contributed by atoms with E-state index >= 15 is 4.39 Å². The van der Waals surface area contributed by atoms with Crippen LogP contribution in [-0.2, 0) is 16.0 Å². The molecular formula is C33H33F3N2O5S. The summed E-state index contributed by atoms with van der Waals surface area (Å²) in [5.74, 6) is -2.35. The zero-order valence-electron chi connectivity index (χ0n) is 24.4. The third kappa shape index (κ3) is 3.84. The van der Waals surface area contributed by atoms with Crippen LogP contribution in [0, 0.1) is 28.5 Å². The number of hydrogen-bond acceptors (Lipinski definition) is 7. The number of furan rings is 1. The first-order valence-electron chi connectivity index (χ1n) is 14.9. The van der Waals surface area contributed by atoms with Gasteiger partial charge in [-0.3, -0.25) is 4.79 Å². The second-order valence-electron chi connectivity index (χ2n) is 13.1. The Labute approximate surface area is 256 Å². The van der Waals surface area contributed by atoms with E-state index in [1.165, 1.54) is 30.5 Å². The number of halogens is 3. The number of ether oxygens (including phenoxy) is 1. The lowest BCUT2D eigenvalue weighted by atomic mass is 9.44. The molecule has 1 N–H and O–H groups in total. The quantitative estimate of drug-likeness (QED) is 0.318. The number of alkyl halides is 2. The molecule has 11 heteroatoms. The van der Waals surface area contributed by atoms with Gasteiger partial charge in [0.15, 0.2) is 5.60 Å². The van der Waals surface area contributed by atoms with E-state index in [0.717, 1.165) is 16.8 Å². The van der Waals surface area contributed by atoms with Gasteiger partial charge in [-0.25, -0.2) is 22.6 Å². The van der Waals surface area contributed by atoms with Gasteiger partial charge in [0.05, 0.1) is 29.9 Å². The van der Waals surface area contributed by atoms with Crippen LogP contribution in [0.15, 0.2) is 58.8 Å². The van der Waals surface area contributed by atoms with Gasteiger partial charge >= 0.3 is 5.97 Å². The molecule has 0 saturated heterocycles. The van der Waals surface area contributed by atoms with Crippen LogP contribution in [0.25, 0.3) is 11.8 Å². The van der Waals surface area contributed by atoms with Gasteiger partial charge in [-0.1, -0.05) is 19.4 Å². The van der Waals surface area contributed by atoms with Gasteiger partial charge < -0.3 is 14.3 Å². The zero-order valence-corrected chi connectivity index (χ0v) is 25.2. The number of carbonyl (C=O) groups excluding carboxylic acids is 2. The Kier molecular flexibility index (Phi) is 6.75. The van der Waals surface area contributed by atoms with Crippen molar-refractivity contribution in [2.24, 2.45) is 22.7 Å². The SMILES string of the molecule is C[C@]12Cc3cnn(-c4ccc(F)cc4)c3C=C1CC[C@H]1[C@@H]3CC[C@](OC(=O)c4ccco4)(C(=O)SCF)[C@@]3(C)C[C@H](O)[C@@]12F. The van der Waals surface area contributed by atoms with E-state index in [-0.39, 0.29) is 24.4 Å². The molecule has 7 atom stereocenters. The number of benzene rings is 1. The summed E-state index contributed by atoms with van der Waals surface area (Å²) in [6.45, 7) is 3.64. The number of rotatable bonds is 5. The van der Waals surface area contributed by atoms with Crippen molar-refractivity contribution in [1.29, 1.82) is 0 Å². The van der Waals surface area contributed by atoms with Gasteiger partial charge in [0.2, 0.25) is 10.9 Å². The number of aromatic nitrogens is 2. The maximum absolute atomic E-state index is 18.1. The number of allylic oxidation sites excluding steroid dienone is 1. The molecule has 4 aliphatic carbocycles. The predicted octanol–water partition coefficient (Wildman–Crippen LogP) is 6.63. The summed E-state index contributed by atoms with van der Waals surface area (Å²) >= 11 is 0.434. The summed E-state index contributed by atoms with van der Waals surface area (Å²) in [6.07, 6.45) is 5.11. The fraction of sp³-hybridized carbons (Fsp3) is 0.485. The fourth-order valence-electron chi connectivity index (χ4n) is 9.15. The minimum Gasteiger partial charge on any atom is -0.457 e. The van der Waals surface area contributed by atoms with Crippen LogP contribution in [0.1, 0.15) is 67.8 Å². The van der Waals surface area contributed by atoms with E-state index in [4.69, 9.17) is 9.15 Å². The number of nitrogens with zero attached hydrogens (tertiary/aromatic N) is 2. The van der Waals surface area contributed by atoms with E-state index in [2.05, 4.69) is 5.10 Å². The molecule has 0 unspecified atom stereocenters. The van der Waals surface area contributed by atoms with E-state index in [1.54, 1.807) is 29.9 Å². The number of aliphatic hydroxyl groups excluding tert-OH is 1. The van der Waals surface area contributed by atoms with Crippen molar-refractivity contribution in [3.63, 3.8) is 0 Å². The highest BCUT2D eigenvalue weighted by Crippen LogP contribution is 2.71. The molecule has 0 spiro atoms. The number of esters is 1. The summed E-state index contributed by atoms with van der Waals surface area (Å²) in [7, 11) is 0. The standard InChI is InChI=1S/C33H33F3N2O5S/c1-30-15-19-17-37-38(22-8-6-21(35)7-9-22)25(19)14-20(30)5-10-24-23-11-12-32(29(41)44-18-34,43-28(40)26-4-3-13-42-26)31(23,2)16-27(39)33(24,30)36/h3-4,6-9,13-14,17,23-24,27,39H,5,10-12,15-16,18H2,1-2H3/t23-,24-,27-,30-,31-,32-,33-/m0/s1. The highest BCUT2D eigenvalue weighted by Gasteiger charge is 2.76. The summed E-state index contributed by atoms with van der Waals surface area (Å²) in [6, 6.07) is 7.96. The first-order valence-corrected chi connectivity index (χ1v) is 15.9. The first kappa shape index (κ1) is 29.4. The molecule has 3 fully saturated rings. The number of hydrogen-bond donors (Lipinski definition) is 1. The molecule has 44 heavy (non-hydrogen) atoms. The van der Waals surface area contributed by atoms with Crippen LogP contribution >= 0.6 is 11.8 Å². The monoisotopic (exact) mass is 626 g/mol. The molecule has 4 aliphatic rings. The van der Waals surface area contributed by atoms with E-state index < -0.39 is 57.1 Å². The fourth-order valence-corrected chi connectivity index (χ4v) is 9.85. The summed E-state index contributed by atoms with van der Waals surface area (Å²) in [5, 5.41) is 15.8. The summed E-state index contributed by atoms with van der Waals surface area (Å²) < 4.78 is 58.1. The van der Waals surface area contributed by atoms with E-state index in [0.29, 0.717) is 43.1 Å². The Morgan fingerprint density at radius 1 is 1.18 bits per heavy atom. The third-order valence-electron chi connectivity index (χ3n) is 11.3. The van der Waals surface area contributed by atoms with Crippen LogP contribution in [0.5, 0.6) is 0 Å². The van der Waals surface area contributed by atoms with Gasteiger partial charge in [-0.05, 0) is 104 Å². The van der Waals surface area contributed by atoms with Crippen molar-refractivity contribution < 1.29 is 37.0 Å². The van der Waals surface area contributed by atoms with Crippen molar-refractivity contribution in [2.45, 2.75) is 69.7 Å². The lowest BCUT2D eigenvalue weighted by Crippen LogP contribution is -2.70. The Balaban J connectivity index is 1.26. The van der Waals surface area contributed by atoms with E-state index in [1.807, 2.05) is 13.0 Å². The maximum Gasteiger partial charge on any atom is 0.375 e. The maximum atomic E-state index is 18.1. The molecule has 232 valence electrons. The Hall–Kier alpha value is -3.31. The molecular weight excluding hydrogens is 593 g/mol. The smallest absolute Gasteiger partial charge is 0.375 e. The molecule has 0 amide bonds. The van der Waals surface area contributed by atoms with Crippen molar-refractivity contribution >= 4 is 28.9 Å². The van der Waals surface area contributed by atoms with Crippen molar-refractivity contribution in [1.82, 2.24) is 9.78 Å². The molecule has 3 saturated carbocycles. The second kappa shape index (κ2) is 10.1. The normalized spacial score (nSPS) is 35.6. The zero-order chi connectivity index (χ0) is 31.1. The molecule has 1 aromatic carbocycles. The van der Waals surface area contributed by atoms with Crippen molar-refractivity contribution in [3.8, 4) is 5.69 Å². The third-order valence-corrected chi connectivity index (χ3v) is 12.0. The average Bonchev–Trinajstić information content (AvgIpc) is 3.73. The number of thioether (sulfide) groups is 1. The van der Waals surface area contributed by atoms with Crippen LogP contribution < -0.4 is 0 Å². The number of aliphatic hydroxyl groups is 1. The van der Waals surface area contributed by atoms with Gasteiger partial charge in [0, 0.05) is 16.7 Å². The molecule has 0 bridgehead atoms. The molecule has 2 heterocycles. The number of carbonyl (C=O) groups is 2. The molecule has 0 aliphatic heterocycles. The minimum absolute atomic E-state index is 0.0928. The molecule has 2 aromatic heterocycles. The van der Waals surface area contributed by atoms with Crippen LogP contribution in [0.2, 0.25) is 0 Å².